The predicted molar refractivity (Wildman–Crippen MR) is 70.5 cm³/mol. The normalized spacial score (nSPS) is 19.6. The molecule has 0 aliphatic carbocycles. The third-order valence-corrected chi connectivity index (χ3v) is 3.30. The van der Waals surface area contributed by atoms with Gasteiger partial charge in [-0.15, -0.1) is 0 Å². The van der Waals surface area contributed by atoms with Crippen LogP contribution in [0, 0.1) is 0 Å². The average molecular weight is 251 g/mol. The standard InChI is InChI=1S/C14H21NO3/c1-4-11-12(14-9-15-5-6-18-14)7-10(16-2)8-13(11)17-3/h7-8,14-15H,4-6,9H2,1-3H3. The summed E-state index contributed by atoms with van der Waals surface area (Å²) in [5.74, 6) is 1.69. The Kier molecular flexibility index (Phi) is 4.44. The Labute approximate surface area is 108 Å². The maximum absolute atomic E-state index is 5.83. The summed E-state index contributed by atoms with van der Waals surface area (Å²) in [6.07, 6.45) is 1.00. The molecule has 0 saturated carbocycles. The van der Waals surface area contributed by atoms with Gasteiger partial charge in [0.2, 0.25) is 0 Å². The highest BCUT2D eigenvalue weighted by Crippen LogP contribution is 2.34. The molecule has 4 heteroatoms. The molecule has 4 nitrogen and oxygen atoms in total. The monoisotopic (exact) mass is 251 g/mol. The molecule has 2 rings (SSSR count). The summed E-state index contributed by atoms with van der Waals surface area (Å²) in [6, 6.07) is 3.98. The Morgan fingerprint density at radius 2 is 2.17 bits per heavy atom. The SMILES string of the molecule is CCc1c(OC)cc(OC)cc1C1CNCCO1. The van der Waals surface area contributed by atoms with Crippen LogP contribution >= 0.6 is 0 Å². The van der Waals surface area contributed by atoms with Crippen LogP contribution in [0.25, 0.3) is 0 Å². The smallest absolute Gasteiger partial charge is 0.126 e. The largest absolute Gasteiger partial charge is 0.497 e. The third kappa shape index (κ3) is 2.60. The minimum atomic E-state index is 0.0812. The van der Waals surface area contributed by atoms with E-state index in [0.29, 0.717) is 0 Å². The van der Waals surface area contributed by atoms with Gasteiger partial charge in [0, 0.05) is 19.2 Å². The highest BCUT2D eigenvalue weighted by Gasteiger charge is 2.21. The summed E-state index contributed by atoms with van der Waals surface area (Å²) in [4.78, 5) is 0. The molecule has 0 spiro atoms. The second-order valence-electron chi connectivity index (χ2n) is 4.31. The fraction of sp³-hybridized carbons (Fsp3) is 0.571. The van der Waals surface area contributed by atoms with Gasteiger partial charge in [-0.3, -0.25) is 0 Å². The highest BCUT2D eigenvalue weighted by atomic mass is 16.5. The summed E-state index contributed by atoms with van der Waals surface area (Å²) in [5.41, 5.74) is 2.37. The molecule has 1 heterocycles. The zero-order valence-corrected chi connectivity index (χ0v) is 11.3. The van der Waals surface area contributed by atoms with Crippen molar-refractivity contribution >= 4 is 0 Å². The Bertz CT molecular complexity index is 400. The summed E-state index contributed by atoms with van der Waals surface area (Å²) in [5, 5.41) is 3.35. The molecule has 1 aromatic rings. The number of hydrogen-bond acceptors (Lipinski definition) is 4. The van der Waals surface area contributed by atoms with E-state index in [9.17, 15) is 0 Å². The van der Waals surface area contributed by atoms with Crippen LogP contribution in [-0.2, 0) is 11.2 Å². The van der Waals surface area contributed by atoms with Crippen LogP contribution in [0.1, 0.15) is 24.2 Å². The Morgan fingerprint density at radius 3 is 2.72 bits per heavy atom. The minimum absolute atomic E-state index is 0.0812. The number of morpholine rings is 1. The molecule has 1 unspecified atom stereocenters. The molecule has 1 atom stereocenters. The molecule has 100 valence electrons. The summed E-state index contributed by atoms with van der Waals surface area (Å²) < 4.78 is 16.6. The molecule has 1 aliphatic rings. The van der Waals surface area contributed by atoms with Crippen molar-refractivity contribution in [1.29, 1.82) is 0 Å². The topological polar surface area (TPSA) is 39.7 Å². The Balaban J connectivity index is 2.41. The van der Waals surface area contributed by atoms with Crippen molar-refractivity contribution in [2.45, 2.75) is 19.4 Å². The summed E-state index contributed by atoms with van der Waals surface area (Å²) in [7, 11) is 3.36. The van der Waals surface area contributed by atoms with E-state index in [0.717, 1.165) is 37.6 Å². The molecule has 18 heavy (non-hydrogen) atoms. The van der Waals surface area contributed by atoms with Crippen LogP contribution in [0.2, 0.25) is 0 Å². The first-order valence-corrected chi connectivity index (χ1v) is 6.37. The van der Waals surface area contributed by atoms with Crippen LogP contribution in [0.3, 0.4) is 0 Å². The lowest BCUT2D eigenvalue weighted by Gasteiger charge is -2.27. The minimum Gasteiger partial charge on any atom is -0.497 e. The van der Waals surface area contributed by atoms with Crippen molar-refractivity contribution < 1.29 is 14.2 Å². The summed E-state index contributed by atoms with van der Waals surface area (Å²) >= 11 is 0. The molecule has 1 fully saturated rings. The number of methoxy groups -OCH3 is 2. The quantitative estimate of drug-likeness (QED) is 0.887. The second-order valence-corrected chi connectivity index (χ2v) is 4.31. The molecule has 0 bridgehead atoms. The van der Waals surface area contributed by atoms with Crippen molar-refractivity contribution in [3.05, 3.63) is 23.3 Å². The number of hydrogen-bond donors (Lipinski definition) is 1. The van der Waals surface area contributed by atoms with Gasteiger partial charge in [0.25, 0.3) is 0 Å². The van der Waals surface area contributed by atoms with Crippen molar-refractivity contribution in [3.8, 4) is 11.5 Å². The highest BCUT2D eigenvalue weighted by molar-refractivity contribution is 5.48. The van der Waals surface area contributed by atoms with E-state index in [-0.39, 0.29) is 6.10 Å². The van der Waals surface area contributed by atoms with Gasteiger partial charge in [-0.2, -0.15) is 0 Å². The van der Waals surface area contributed by atoms with E-state index >= 15 is 0 Å². The summed E-state index contributed by atoms with van der Waals surface area (Å²) in [6.45, 7) is 4.62. The Morgan fingerprint density at radius 1 is 1.33 bits per heavy atom. The zero-order valence-electron chi connectivity index (χ0n) is 11.3. The van der Waals surface area contributed by atoms with E-state index in [1.807, 2.05) is 6.07 Å². The van der Waals surface area contributed by atoms with E-state index in [4.69, 9.17) is 14.2 Å². The van der Waals surface area contributed by atoms with Crippen molar-refractivity contribution in [3.63, 3.8) is 0 Å². The molecule has 0 radical (unpaired) electrons. The van der Waals surface area contributed by atoms with Gasteiger partial charge in [0.1, 0.15) is 11.5 Å². The predicted octanol–water partition coefficient (Wildman–Crippen LogP) is 1.93. The van der Waals surface area contributed by atoms with E-state index in [1.54, 1.807) is 14.2 Å². The van der Waals surface area contributed by atoms with Crippen molar-refractivity contribution in [2.75, 3.05) is 33.9 Å². The van der Waals surface area contributed by atoms with Gasteiger partial charge in [0.15, 0.2) is 0 Å². The first kappa shape index (κ1) is 13.2. The lowest BCUT2D eigenvalue weighted by Crippen LogP contribution is -2.33. The van der Waals surface area contributed by atoms with Gasteiger partial charge in [-0.25, -0.2) is 0 Å². The van der Waals surface area contributed by atoms with Crippen LogP contribution in [0.5, 0.6) is 11.5 Å². The van der Waals surface area contributed by atoms with Crippen molar-refractivity contribution in [2.24, 2.45) is 0 Å². The lowest BCUT2D eigenvalue weighted by atomic mass is 9.98. The van der Waals surface area contributed by atoms with Crippen LogP contribution in [0.4, 0.5) is 0 Å². The lowest BCUT2D eigenvalue weighted by molar-refractivity contribution is 0.0269. The van der Waals surface area contributed by atoms with E-state index in [1.165, 1.54) is 11.1 Å². The molecule has 1 aromatic carbocycles. The van der Waals surface area contributed by atoms with Gasteiger partial charge >= 0.3 is 0 Å². The fourth-order valence-electron chi connectivity index (χ4n) is 2.37. The van der Waals surface area contributed by atoms with E-state index < -0.39 is 0 Å². The first-order chi connectivity index (χ1) is 8.80. The van der Waals surface area contributed by atoms with Gasteiger partial charge < -0.3 is 19.5 Å². The van der Waals surface area contributed by atoms with Gasteiger partial charge in [-0.1, -0.05) is 6.92 Å². The number of nitrogens with one attached hydrogen (secondary N) is 1. The second kappa shape index (κ2) is 6.07. The van der Waals surface area contributed by atoms with E-state index in [2.05, 4.69) is 18.3 Å². The average Bonchev–Trinajstić information content (AvgIpc) is 2.46. The molecular formula is C14H21NO3. The molecule has 1 aliphatic heterocycles. The molecular weight excluding hydrogens is 230 g/mol. The molecule has 0 amide bonds. The Hall–Kier alpha value is -1.26. The third-order valence-electron chi connectivity index (χ3n) is 3.30. The number of benzene rings is 1. The zero-order chi connectivity index (χ0) is 13.0. The van der Waals surface area contributed by atoms with Crippen LogP contribution < -0.4 is 14.8 Å². The van der Waals surface area contributed by atoms with Gasteiger partial charge in [-0.05, 0) is 23.6 Å². The first-order valence-electron chi connectivity index (χ1n) is 6.37. The number of rotatable bonds is 4. The molecule has 1 saturated heterocycles. The fourth-order valence-corrected chi connectivity index (χ4v) is 2.37. The maximum Gasteiger partial charge on any atom is 0.126 e. The maximum atomic E-state index is 5.83. The van der Waals surface area contributed by atoms with Crippen LogP contribution in [-0.4, -0.2) is 33.9 Å². The van der Waals surface area contributed by atoms with Crippen molar-refractivity contribution in [1.82, 2.24) is 5.32 Å². The van der Waals surface area contributed by atoms with Gasteiger partial charge in [0.05, 0.1) is 26.9 Å². The van der Waals surface area contributed by atoms with Crippen LogP contribution in [0.15, 0.2) is 12.1 Å². The molecule has 0 aromatic heterocycles. The molecule has 1 N–H and O–H groups in total. The number of ether oxygens (including phenoxy) is 3.